The molecule has 0 spiro atoms. The molecule has 0 radical (unpaired) electrons. The van der Waals surface area contributed by atoms with E-state index in [1.165, 1.54) is 6.92 Å². The molecule has 5 nitrogen and oxygen atoms in total. The van der Waals surface area contributed by atoms with Gasteiger partial charge in [0.1, 0.15) is 0 Å². The van der Waals surface area contributed by atoms with E-state index in [4.69, 9.17) is 5.73 Å². The highest BCUT2D eigenvalue weighted by molar-refractivity contribution is 5.94. The number of carbonyl (C=O) groups excluding carboxylic acids is 2. The van der Waals surface area contributed by atoms with E-state index in [9.17, 15) is 9.59 Å². The third-order valence-electron chi connectivity index (χ3n) is 3.80. The number of nitrogens with zero attached hydrogens (tertiary/aromatic N) is 1. The molecule has 114 valence electrons. The van der Waals surface area contributed by atoms with Gasteiger partial charge in [-0.25, -0.2) is 0 Å². The van der Waals surface area contributed by atoms with Crippen LogP contribution in [0.4, 0.5) is 0 Å². The predicted molar refractivity (Wildman–Crippen MR) is 81.9 cm³/mol. The number of nitrogens with two attached hydrogens (primary N) is 1. The first kappa shape index (κ1) is 15.5. The molecule has 2 rings (SSSR count). The van der Waals surface area contributed by atoms with Gasteiger partial charge in [0.05, 0.1) is 0 Å². The maximum absolute atomic E-state index is 12.5. The molecule has 1 fully saturated rings. The van der Waals surface area contributed by atoms with E-state index in [1.807, 2.05) is 29.2 Å². The third-order valence-corrected chi connectivity index (χ3v) is 3.80. The summed E-state index contributed by atoms with van der Waals surface area (Å²) in [5.41, 5.74) is 7.37. The lowest BCUT2D eigenvalue weighted by Crippen LogP contribution is -2.46. The highest BCUT2D eigenvalue weighted by atomic mass is 16.2. The zero-order valence-corrected chi connectivity index (χ0v) is 12.5. The minimum absolute atomic E-state index is 0.00531. The lowest BCUT2D eigenvalue weighted by molar-refractivity contribution is -0.119. The van der Waals surface area contributed by atoms with Crippen LogP contribution in [0.5, 0.6) is 0 Å². The summed E-state index contributed by atoms with van der Waals surface area (Å²) in [6.45, 7) is 3.48. The second kappa shape index (κ2) is 7.22. The smallest absolute Gasteiger partial charge is 0.253 e. The predicted octanol–water partition coefficient (Wildman–Crippen LogP) is 0.928. The Morgan fingerprint density at radius 3 is 2.67 bits per heavy atom. The average molecular weight is 289 g/mol. The Bertz CT molecular complexity index is 508. The second-order valence-corrected chi connectivity index (χ2v) is 5.51. The fourth-order valence-electron chi connectivity index (χ4n) is 2.72. The number of piperidine rings is 1. The molecule has 2 amide bonds. The Labute approximate surface area is 125 Å². The standard InChI is InChI=1S/C16H23N3O2/c1-12(20)18-15-6-9-19(10-7-15)16(21)14-4-2-3-13(11-14)5-8-17/h2-4,11,15H,5-10,17H2,1H3,(H,18,20). The van der Waals surface area contributed by atoms with Crippen LogP contribution in [0.25, 0.3) is 0 Å². The molecule has 1 aromatic rings. The van der Waals surface area contributed by atoms with Gasteiger partial charge in [0, 0.05) is 31.6 Å². The van der Waals surface area contributed by atoms with E-state index in [0.29, 0.717) is 19.6 Å². The number of nitrogens with one attached hydrogen (secondary N) is 1. The lowest BCUT2D eigenvalue weighted by Gasteiger charge is -2.32. The van der Waals surface area contributed by atoms with Crippen molar-refractivity contribution in [2.24, 2.45) is 5.73 Å². The Kier molecular flexibility index (Phi) is 5.33. The molecule has 1 saturated heterocycles. The van der Waals surface area contributed by atoms with Gasteiger partial charge in [0.2, 0.25) is 5.91 Å². The number of hydrogen-bond donors (Lipinski definition) is 2. The van der Waals surface area contributed by atoms with E-state index in [0.717, 1.165) is 30.4 Å². The number of likely N-dealkylation sites (tertiary alicyclic amines) is 1. The Morgan fingerprint density at radius 2 is 2.05 bits per heavy atom. The molecule has 5 heteroatoms. The molecule has 1 heterocycles. The molecular formula is C16H23N3O2. The van der Waals surface area contributed by atoms with Gasteiger partial charge in [0.25, 0.3) is 5.91 Å². The molecule has 1 aliphatic heterocycles. The number of hydrogen-bond acceptors (Lipinski definition) is 3. The summed E-state index contributed by atoms with van der Waals surface area (Å²) in [4.78, 5) is 25.4. The van der Waals surface area contributed by atoms with Gasteiger partial charge in [-0.05, 0) is 43.5 Å². The van der Waals surface area contributed by atoms with E-state index in [-0.39, 0.29) is 17.9 Å². The first-order valence-electron chi connectivity index (χ1n) is 7.45. The van der Waals surface area contributed by atoms with Crippen molar-refractivity contribution in [3.05, 3.63) is 35.4 Å². The van der Waals surface area contributed by atoms with Crippen molar-refractivity contribution in [2.75, 3.05) is 19.6 Å². The summed E-state index contributed by atoms with van der Waals surface area (Å²) < 4.78 is 0. The largest absolute Gasteiger partial charge is 0.353 e. The molecule has 3 N–H and O–H groups in total. The monoisotopic (exact) mass is 289 g/mol. The second-order valence-electron chi connectivity index (χ2n) is 5.51. The zero-order valence-electron chi connectivity index (χ0n) is 12.5. The fourth-order valence-corrected chi connectivity index (χ4v) is 2.72. The first-order valence-corrected chi connectivity index (χ1v) is 7.45. The minimum atomic E-state index is -0.00531. The van der Waals surface area contributed by atoms with Gasteiger partial charge in [-0.1, -0.05) is 12.1 Å². The van der Waals surface area contributed by atoms with Crippen molar-refractivity contribution in [1.82, 2.24) is 10.2 Å². The van der Waals surface area contributed by atoms with Crippen molar-refractivity contribution in [3.63, 3.8) is 0 Å². The van der Waals surface area contributed by atoms with E-state index < -0.39 is 0 Å². The molecule has 0 aliphatic carbocycles. The van der Waals surface area contributed by atoms with Crippen LogP contribution in [-0.4, -0.2) is 42.4 Å². The van der Waals surface area contributed by atoms with Gasteiger partial charge in [0.15, 0.2) is 0 Å². The summed E-state index contributed by atoms with van der Waals surface area (Å²) in [5.74, 6) is 0.0596. The number of benzene rings is 1. The van der Waals surface area contributed by atoms with Crippen LogP contribution in [0.1, 0.15) is 35.7 Å². The van der Waals surface area contributed by atoms with Crippen molar-refractivity contribution < 1.29 is 9.59 Å². The first-order chi connectivity index (χ1) is 10.1. The van der Waals surface area contributed by atoms with Crippen molar-refractivity contribution in [3.8, 4) is 0 Å². The summed E-state index contributed by atoms with van der Waals surface area (Å²) in [6.07, 6.45) is 2.41. The molecule has 1 aliphatic rings. The number of rotatable bonds is 4. The van der Waals surface area contributed by atoms with Crippen LogP contribution in [0, 0.1) is 0 Å². The summed E-state index contributed by atoms with van der Waals surface area (Å²) in [5, 5.41) is 2.92. The number of carbonyl (C=O) groups is 2. The molecule has 0 atom stereocenters. The zero-order chi connectivity index (χ0) is 15.2. The molecule has 1 aromatic carbocycles. The molecule has 0 aromatic heterocycles. The minimum Gasteiger partial charge on any atom is -0.353 e. The van der Waals surface area contributed by atoms with Crippen LogP contribution in [0.3, 0.4) is 0 Å². The normalized spacial score (nSPS) is 15.8. The van der Waals surface area contributed by atoms with Crippen LogP contribution in [0.2, 0.25) is 0 Å². The van der Waals surface area contributed by atoms with E-state index >= 15 is 0 Å². The Balaban J connectivity index is 1.95. The van der Waals surface area contributed by atoms with Gasteiger partial charge in [-0.2, -0.15) is 0 Å². The van der Waals surface area contributed by atoms with Gasteiger partial charge >= 0.3 is 0 Å². The van der Waals surface area contributed by atoms with Gasteiger partial charge < -0.3 is 16.0 Å². The van der Waals surface area contributed by atoms with Crippen LogP contribution in [0.15, 0.2) is 24.3 Å². The maximum Gasteiger partial charge on any atom is 0.253 e. The number of amides is 2. The molecule has 0 bridgehead atoms. The summed E-state index contributed by atoms with van der Waals surface area (Å²) in [6, 6.07) is 7.86. The van der Waals surface area contributed by atoms with Crippen LogP contribution >= 0.6 is 0 Å². The Morgan fingerprint density at radius 1 is 1.33 bits per heavy atom. The molecular weight excluding hydrogens is 266 g/mol. The highest BCUT2D eigenvalue weighted by Crippen LogP contribution is 2.15. The third kappa shape index (κ3) is 4.29. The van der Waals surface area contributed by atoms with Crippen molar-refractivity contribution in [2.45, 2.75) is 32.2 Å². The summed E-state index contributed by atoms with van der Waals surface area (Å²) in [7, 11) is 0. The average Bonchev–Trinajstić information content (AvgIpc) is 2.47. The maximum atomic E-state index is 12.5. The molecule has 0 saturated carbocycles. The van der Waals surface area contributed by atoms with Gasteiger partial charge in [-0.15, -0.1) is 0 Å². The van der Waals surface area contributed by atoms with Gasteiger partial charge in [-0.3, -0.25) is 9.59 Å². The lowest BCUT2D eigenvalue weighted by atomic mass is 10.0. The van der Waals surface area contributed by atoms with Crippen LogP contribution < -0.4 is 11.1 Å². The van der Waals surface area contributed by atoms with E-state index in [1.54, 1.807) is 0 Å². The molecule has 21 heavy (non-hydrogen) atoms. The SMILES string of the molecule is CC(=O)NC1CCN(C(=O)c2cccc(CCN)c2)CC1. The van der Waals surface area contributed by atoms with Crippen molar-refractivity contribution >= 4 is 11.8 Å². The van der Waals surface area contributed by atoms with E-state index in [2.05, 4.69) is 5.32 Å². The Hall–Kier alpha value is -1.88. The topological polar surface area (TPSA) is 75.4 Å². The van der Waals surface area contributed by atoms with Crippen molar-refractivity contribution in [1.29, 1.82) is 0 Å². The molecule has 0 unspecified atom stereocenters. The summed E-state index contributed by atoms with van der Waals surface area (Å²) >= 11 is 0. The van der Waals surface area contributed by atoms with Crippen LogP contribution in [-0.2, 0) is 11.2 Å². The fraction of sp³-hybridized carbons (Fsp3) is 0.500. The quantitative estimate of drug-likeness (QED) is 0.866. The highest BCUT2D eigenvalue weighted by Gasteiger charge is 2.23.